The zero-order chi connectivity index (χ0) is 14.3. The fourth-order valence-corrected chi connectivity index (χ4v) is 2.82. The van der Waals surface area contributed by atoms with Crippen LogP contribution >= 0.6 is 15.9 Å². The van der Waals surface area contributed by atoms with Gasteiger partial charge in [-0.3, -0.25) is 0 Å². The Balaban J connectivity index is 2.85. The van der Waals surface area contributed by atoms with Gasteiger partial charge in [0, 0.05) is 23.2 Å². The lowest BCUT2D eigenvalue weighted by Crippen LogP contribution is -2.25. The molecule has 0 fully saturated rings. The predicted octanol–water partition coefficient (Wildman–Crippen LogP) is 4.91. The Hall–Kier alpha value is -0.540. The van der Waals surface area contributed by atoms with Gasteiger partial charge in [-0.1, -0.05) is 48.7 Å². The largest absolute Gasteiger partial charge is 0.389 e. The predicted molar refractivity (Wildman–Crippen MR) is 86.8 cm³/mol. The summed E-state index contributed by atoms with van der Waals surface area (Å²) >= 11 is 3.57. The highest BCUT2D eigenvalue weighted by Gasteiger charge is 2.10. The van der Waals surface area contributed by atoms with Crippen LogP contribution in [0.4, 0.5) is 5.69 Å². The summed E-state index contributed by atoms with van der Waals surface area (Å²) in [7, 11) is 0. The fourth-order valence-electron chi connectivity index (χ4n) is 2.12. The van der Waals surface area contributed by atoms with Crippen LogP contribution in [0.5, 0.6) is 0 Å². The number of halogens is 1. The highest BCUT2D eigenvalue weighted by Crippen LogP contribution is 2.28. The number of hydrogen-bond acceptors (Lipinski definition) is 2. The molecule has 2 nitrogen and oxygen atoms in total. The van der Waals surface area contributed by atoms with Gasteiger partial charge >= 0.3 is 0 Å². The summed E-state index contributed by atoms with van der Waals surface area (Å²) in [6.45, 7) is 8.47. The molecule has 0 radical (unpaired) electrons. The van der Waals surface area contributed by atoms with Crippen LogP contribution in [0.2, 0.25) is 0 Å². The normalized spacial score (nSPS) is 12.5. The van der Waals surface area contributed by atoms with Crippen LogP contribution in [-0.2, 0) is 0 Å². The van der Waals surface area contributed by atoms with Gasteiger partial charge in [-0.2, -0.15) is 0 Å². The highest BCUT2D eigenvalue weighted by atomic mass is 79.9. The van der Waals surface area contributed by atoms with Gasteiger partial charge in [0.1, 0.15) is 0 Å². The van der Waals surface area contributed by atoms with Crippen LogP contribution in [0, 0.1) is 0 Å². The first-order chi connectivity index (χ1) is 9.10. The minimum Gasteiger partial charge on any atom is -0.389 e. The van der Waals surface area contributed by atoms with Gasteiger partial charge in [0.2, 0.25) is 0 Å². The lowest BCUT2D eigenvalue weighted by molar-refractivity contribution is 0.198. The average Bonchev–Trinajstić information content (AvgIpc) is 2.38. The topological polar surface area (TPSA) is 23.5 Å². The summed E-state index contributed by atoms with van der Waals surface area (Å²) in [5.41, 5.74) is 2.20. The summed E-state index contributed by atoms with van der Waals surface area (Å²) in [5, 5.41) is 9.67. The van der Waals surface area contributed by atoms with E-state index in [1.807, 2.05) is 6.07 Å². The van der Waals surface area contributed by atoms with E-state index in [4.69, 9.17) is 0 Å². The van der Waals surface area contributed by atoms with Crippen molar-refractivity contribution in [3.8, 4) is 0 Å². The molecule has 1 rings (SSSR count). The first-order valence-corrected chi connectivity index (χ1v) is 8.11. The Kier molecular flexibility index (Phi) is 7.47. The molecule has 19 heavy (non-hydrogen) atoms. The van der Waals surface area contributed by atoms with Crippen molar-refractivity contribution in [2.45, 2.75) is 52.6 Å². The van der Waals surface area contributed by atoms with E-state index in [1.54, 1.807) is 6.92 Å². The molecule has 0 aliphatic carbocycles. The van der Waals surface area contributed by atoms with Gasteiger partial charge in [0.15, 0.2) is 0 Å². The standard InChI is InChI=1S/C16H26BrNO/c1-4-6-10-18(11-7-5-2)14-8-9-15(13(3)19)16(17)12-14/h8-9,12-13,19H,4-7,10-11H2,1-3H3. The van der Waals surface area contributed by atoms with Crippen molar-refractivity contribution in [3.05, 3.63) is 28.2 Å². The maximum atomic E-state index is 9.67. The molecule has 1 aromatic rings. The molecule has 1 N–H and O–H groups in total. The quantitative estimate of drug-likeness (QED) is 0.733. The van der Waals surface area contributed by atoms with Gasteiger partial charge in [0.05, 0.1) is 6.10 Å². The second-order valence-electron chi connectivity index (χ2n) is 5.08. The third-order valence-electron chi connectivity index (χ3n) is 3.36. The van der Waals surface area contributed by atoms with Crippen molar-refractivity contribution in [2.24, 2.45) is 0 Å². The van der Waals surface area contributed by atoms with Crippen LogP contribution < -0.4 is 4.90 Å². The number of aliphatic hydroxyl groups is 1. The molecule has 0 saturated carbocycles. The zero-order valence-electron chi connectivity index (χ0n) is 12.3. The van der Waals surface area contributed by atoms with Crippen LogP contribution in [0.3, 0.4) is 0 Å². The van der Waals surface area contributed by atoms with Crippen LogP contribution in [0.1, 0.15) is 58.1 Å². The number of aliphatic hydroxyl groups excluding tert-OH is 1. The van der Waals surface area contributed by atoms with Gasteiger partial charge in [-0.25, -0.2) is 0 Å². The number of hydrogen-bond donors (Lipinski definition) is 1. The number of anilines is 1. The van der Waals surface area contributed by atoms with E-state index < -0.39 is 6.10 Å². The molecule has 1 atom stereocenters. The Morgan fingerprint density at radius 3 is 2.16 bits per heavy atom. The molecule has 1 unspecified atom stereocenters. The third kappa shape index (κ3) is 5.15. The second-order valence-corrected chi connectivity index (χ2v) is 5.93. The maximum Gasteiger partial charge on any atom is 0.0772 e. The number of nitrogens with zero attached hydrogens (tertiary/aromatic N) is 1. The maximum absolute atomic E-state index is 9.67. The van der Waals surface area contributed by atoms with Crippen molar-refractivity contribution < 1.29 is 5.11 Å². The smallest absolute Gasteiger partial charge is 0.0772 e. The van der Waals surface area contributed by atoms with Crippen molar-refractivity contribution in [3.63, 3.8) is 0 Å². The molecule has 0 aliphatic heterocycles. The second kappa shape index (κ2) is 8.60. The third-order valence-corrected chi connectivity index (χ3v) is 4.05. The highest BCUT2D eigenvalue weighted by molar-refractivity contribution is 9.10. The lowest BCUT2D eigenvalue weighted by Gasteiger charge is -2.25. The fraction of sp³-hybridized carbons (Fsp3) is 0.625. The summed E-state index contributed by atoms with van der Waals surface area (Å²) in [6, 6.07) is 6.28. The summed E-state index contributed by atoms with van der Waals surface area (Å²) < 4.78 is 0.998. The molecule has 0 bridgehead atoms. The van der Waals surface area contributed by atoms with E-state index in [-0.39, 0.29) is 0 Å². The van der Waals surface area contributed by atoms with Crippen molar-refractivity contribution in [1.29, 1.82) is 0 Å². The van der Waals surface area contributed by atoms with E-state index in [1.165, 1.54) is 31.4 Å². The minimum absolute atomic E-state index is 0.428. The Bertz CT molecular complexity index is 371. The van der Waals surface area contributed by atoms with Crippen LogP contribution in [0.15, 0.2) is 22.7 Å². The van der Waals surface area contributed by atoms with E-state index >= 15 is 0 Å². The van der Waals surface area contributed by atoms with E-state index in [9.17, 15) is 5.11 Å². The molecule has 0 saturated heterocycles. The van der Waals surface area contributed by atoms with Gasteiger partial charge in [-0.15, -0.1) is 0 Å². The minimum atomic E-state index is -0.428. The lowest BCUT2D eigenvalue weighted by atomic mass is 10.1. The van der Waals surface area contributed by atoms with E-state index in [0.29, 0.717) is 0 Å². The van der Waals surface area contributed by atoms with Gasteiger partial charge in [-0.05, 0) is 37.5 Å². The SMILES string of the molecule is CCCCN(CCCC)c1ccc(C(C)O)c(Br)c1. The first-order valence-electron chi connectivity index (χ1n) is 7.32. The molecule has 0 amide bonds. The van der Waals surface area contributed by atoms with E-state index in [0.717, 1.165) is 23.1 Å². The molecule has 0 heterocycles. The number of benzene rings is 1. The number of rotatable bonds is 8. The molecule has 0 aromatic heterocycles. The molecular formula is C16H26BrNO. The molecule has 0 aliphatic rings. The van der Waals surface area contributed by atoms with E-state index in [2.05, 4.69) is 46.8 Å². The first kappa shape index (κ1) is 16.5. The average molecular weight is 328 g/mol. The monoisotopic (exact) mass is 327 g/mol. The van der Waals surface area contributed by atoms with Crippen LogP contribution in [-0.4, -0.2) is 18.2 Å². The molecule has 3 heteroatoms. The van der Waals surface area contributed by atoms with Crippen LogP contribution in [0.25, 0.3) is 0 Å². The zero-order valence-corrected chi connectivity index (χ0v) is 13.9. The Morgan fingerprint density at radius 1 is 1.16 bits per heavy atom. The molecule has 0 spiro atoms. The van der Waals surface area contributed by atoms with Crippen molar-refractivity contribution >= 4 is 21.6 Å². The number of unbranched alkanes of at least 4 members (excludes halogenated alkanes) is 2. The van der Waals surface area contributed by atoms with Gasteiger partial charge in [0.25, 0.3) is 0 Å². The summed E-state index contributed by atoms with van der Waals surface area (Å²) in [4.78, 5) is 2.45. The Labute approximate surface area is 126 Å². The van der Waals surface area contributed by atoms with Crippen molar-refractivity contribution in [1.82, 2.24) is 0 Å². The summed E-state index contributed by atoms with van der Waals surface area (Å²) in [6.07, 6.45) is 4.45. The summed E-state index contributed by atoms with van der Waals surface area (Å²) in [5.74, 6) is 0. The molecule has 1 aromatic carbocycles. The van der Waals surface area contributed by atoms with Gasteiger partial charge < -0.3 is 10.0 Å². The van der Waals surface area contributed by atoms with Crippen molar-refractivity contribution in [2.75, 3.05) is 18.0 Å². The Morgan fingerprint density at radius 2 is 1.74 bits per heavy atom. The molecule has 108 valence electrons. The molecular weight excluding hydrogens is 302 g/mol.